The molecule has 0 bridgehead atoms. The predicted molar refractivity (Wildman–Crippen MR) is 126 cm³/mol. The van der Waals surface area contributed by atoms with Gasteiger partial charge in [-0.15, -0.1) is 11.3 Å². The highest BCUT2D eigenvalue weighted by Crippen LogP contribution is 2.35. The van der Waals surface area contributed by atoms with Crippen molar-refractivity contribution >= 4 is 17.3 Å². The number of rotatable bonds is 8. The molecule has 1 aromatic carbocycles. The SMILES string of the molecule is CCc1cnc(CCNC(=NC)NCC2CCCN(C)C2c2ccc(OC)cc2)s1. The minimum atomic E-state index is 0.401. The lowest BCUT2D eigenvalue weighted by Gasteiger charge is -2.40. The number of nitrogens with one attached hydrogen (secondary N) is 2. The van der Waals surface area contributed by atoms with E-state index in [0.29, 0.717) is 12.0 Å². The summed E-state index contributed by atoms with van der Waals surface area (Å²) in [6.45, 7) is 5.04. The molecule has 0 saturated carbocycles. The zero-order valence-electron chi connectivity index (χ0n) is 18.6. The first-order chi connectivity index (χ1) is 14.6. The van der Waals surface area contributed by atoms with Gasteiger partial charge in [-0.1, -0.05) is 19.1 Å². The molecule has 1 saturated heterocycles. The van der Waals surface area contributed by atoms with Gasteiger partial charge in [0.2, 0.25) is 0 Å². The molecule has 1 aliphatic rings. The molecule has 0 radical (unpaired) electrons. The van der Waals surface area contributed by atoms with Gasteiger partial charge < -0.3 is 15.4 Å². The summed E-state index contributed by atoms with van der Waals surface area (Å²) in [6, 6.07) is 8.92. The van der Waals surface area contributed by atoms with E-state index in [2.05, 4.69) is 63.7 Å². The summed E-state index contributed by atoms with van der Waals surface area (Å²) >= 11 is 1.80. The number of ether oxygens (including phenoxy) is 1. The summed E-state index contributed by atoms with van der Waals surface area (Å²) in [5.41, 5.74) is 1.35. The van der Waals surface area contributed by atoms with Crippen molar-refractivity contribution in [2.24, 2.45) is 10.9 Å². The van der Waals surface area contributed by atoms with Crippen LogP contribution in [0.5, 0.6) is 5.75 Å². The fraction of sp³-hybridized carbons (Fsp3) is 0.565. The first kappa shape index (κ1) is 22.6. The van der Waals surface area contributed by atoms with E-state index < -0.39 is 0 Å². The average Bonchev–Trinajstić information content (AvgIpc) is 3.24. The van der Waals surface area contributed by atoms with Crippen LogP contribution in [0, 0.1) is 5.92 Å². The van der Waals surface area contributed by atoms with Crippen LogP contribution >= 0.6 is 11.3 Å². The van der Waals surface area contributed by atoms with Gasteiger partial charge in [0, 0.05) is 43.7 Å². The Balaban J connectivity index is 1.54. The zero-order valence-corrected chi connectivity index (χ0v) is 19.5. The summed E-state index contributed by atoms with van der Waals surface area (Å²) < 4.78 is 5.33. The average molecular weight is 430 g/mol. The number of thiazole rings is 1. The number of guanidine groups is 1. The molecule has 2 unspecified atom stereocenters. The summed E-state index contributed by atoms with van der Waals surface area (Å²) in [5.74, 6) is 2.30. The number of aryl methyl sites for hydroxylation is 1. The van der Waals surface area contributed by atoms with Crippen LogP contribution in [0.15, 0.2) is 35.5 Å². The Bertz CT molecular complexity index is 804. The van der Waals surface area contributed by atoms with Crippen molar-refractivity contribution in [3.63, 3.8) is 0 Å². The minimum absolute atomic E-state index is 0.401. The Morgan fingerprint density at radius 3 is 2.77 bits per heavy atom. The van der Waals surface area contributed by atoms with Crippen molar-refractivity contribution in [3.05, 3.63) is 45.9 Å². The van der Waals surface area contributed by atoms with E-state index in [-0.39, 0.29) is 0 Å². The molecule has 6 nitrogen and oxygen atoms in total. The molecule has 30 heavy (non-hydrogen) atoms. The molecule has 2 heterocycles. The third kappa shape index (κ3) is 5.95. The molecule has 0 aliphatic carbocycles. The molecule has 0 spiro atoms. The molecule has 3 rings (SSSR count). The van der Waals surface area contributed by atoms with Gasteiger partial charge in [0.1, 0.15) is 5.75 Å². The van der Waals surface area contributed by atoms with E-state index in [4.69, 9.17) is 4.74 Å². The molecule has 2 atom stereocenters. The zero-order chi connectivity index (χ0) is 21.3. The Morgan fingerprint density at radius 1 is 1.30 bits per heavy atom. The van der Waals surface area contributed by atoms with Gasteiger partial charge in [-0.05, 0) is 56.5 Å². The van der Waals surface area contributed by atoms with Crippen LogP contribution in [0.4, 0.5) is 0 Å². The molecule has 7 heteroatoms. The largest absolute Gasteiger partial charge is 0.497 e. The van der Waals surface area contributed by atoms with E-state index in [1.54, 1.807) is 18.4 Å². The van der Waals surface area contributed by atoms with Crippen LogP contribution in [0.1, 0.15) is 41.3 Å². The van der Waals surface area contributed by atoms with Crippen molar-refractivity contribution in [2.75, 3.05) is 40.8 Å². The smallest absolute Gasteiger partial charge is 0.191 e. The summed E-state index contributed by atoms with van der Waals surface area (Å²) in [7, 11) is 5.78. The van der Waals surface area contributed by atoms with Crippen LogP contribution in [-0.4, -0.2) is 56.7 Å². The van der Waals surface area contributed by atoms with Gasteiger partial charge >= 0.3 is 0 Å². The van der Waals surface area contributed by atoms with Crippen molar-refractivity contribution in [1.29, 1.82) is 0 Å². The highest BCUT2D eigenvalue weighted by Gasteiger charge is 2.30. The van der Waals surface area contributed by atoms with E-state index >= 15 is 0 Å². The number of benzene rings is 1. The molecule has 0 amide bonds. The van der Waals surface area contributed by atoms with Crippen molar-refractivity contribution in [2.45, 2.75) is 38.6 Å². The Labute approximate surface area is 184 Å². The van der Waals surface area contributed by atoms with Crippen LogP contribution in [0.2, 0.25) is 0 Å². The maximum atomic E-state index is 5.33. The summed E-state index contributed by atoms with van der Waals surface area (Å²) in [6.07, 6.45) is 6.41. The van der Waals surface area contributed by atoms with Crippen LogP contribution in [0.3, 0.4) is 0 Å². The maximum absolute atomic E-state index is 5.33. The van der Waals surface area contributed by atoms with Gasteiger partial charge in [0.05, 0.1) is 12.1 Å². The monoisotopic (exact) mass is 429 g/mol. The Kier molecular flexibility index (Phi) is 8.51. The topological polar surface area (TPSA) is 61.8 Å². The second kappa shape index (κ2) is 11.3. The molecular weight excluding hydrogens is 394 g/mol. The number of aliphatic imine (C=N–C) groups is 1. The number of piperidine rings is 1. The lowest BCUT2D eigenvalue weighted by Crippen LogP contribution is -2.45. The first-order valence-corrected chi connectivity index (χ1v) is 11.7. The molecule has 2 aromatic rings. The highest BCUT2D eigenvalue weighted by molar-refractivity contribution is 7.11. The number of likely N-dealkylation sites (tertiary alicyclic amines) is 1. The highest BCUT2D eigenvalue weighted by atomic mass is 32.1. The molecular formula is C23H35N5OS. The van der Waals surface area contributed by atoms with Gasteiger partial charge in [0.25, 0.3) is 0 Å². The molecule has 1 fully saturated rings. The maximum Gasteiger partial charge on any atom is 0.191 e. The van der Waals surface area contributed by atoms with Gasteiger partial charge in [0.15, 0.2) is 5.96 Å². The third-order valence-corrected chi connectivity index (χ3v) is 7.00. The van der Waals surface area contributed by atoms with Crippen molar-refractivity contribution < 1.29 is 4.74 Å². The standard InChI is InChI=1S/C23H35N5OS/c1-5-20-16-26-21(30-20)12-13-25-23(24-2)27-15-18-7-6-14-28(3)22(18)17-8-10-19(29-4)11-9-17/h8-11,16,18,22H,5-7,12-15H2,1-4H3,(H2,24,25,27). The number of nitrogens with zero attached hydrogens (tertiary/aromatic N) is 3. The second-order valence-electron chi connectivity index (χ2n) is 7.80. The molecule has 1 aliphatic heterocycles. The lowest BCUT2D eigenvalue weighted by atomic mass is 9.85. The van der Waals surface area contributed by atoms with E-state index in [0.717, 1.165) is 44.2 Å². The molecule has 164 valence electrons. The van der Waals surface area contributed by atoms with Crippen molar-refractivity contribution in [3.8, 4) is 5.75 Å². The first-order valence-electron chi connectivity index (χ1n) is 10.9. The molecule has 1 aromatic heterocycles. The van der Waals surface area contributed by atoms with Crippen LogP contribution in [0.25, 0.3) is 0 Å². The normalized spacial score (nSPS) is 20.2. The van der Waals surface area contributed by atoms with Gasteiger partial charge in [-0.2, -0.15) is 0 Å². The van der Waals surface area contributed by atoms with Gasteiger partial charge in [-0.25, -0.2) is 4.98 Å². The predicted octanol–water partition coefficient (Wildman–Crippen LogP) is 3.50. The number of methoxy groups -OCH3 is 1. The molecule has 2 N–H and O–H groups in total. The fourth-order valence-corrected chi connectivity index (χ4v) is 5.03. The number of aromatic nitrogens is 1. The van der Waals surface area contributed by atoms with E-state index in [9.17, 15) is 0 Å². The van der Waals surface area contributed by atoms with E-state index in [1.165, 1.54) is 28.3 Å². The lowest BCUT2D eigenvalue weighted by molar-refractivity contribution is 0.122. The summed E-state index contributed by atoms with van der Waals surface area (Å²) in [4.78, 5) is 12.7. The van der Waals surface area contributed by atoms with Gasteiger partial charge in [-0.3, -0.25) is 9.89 Å². The van der Waals surface area contributed by atoms with Crippen LogP contribution in [-0.2, 0) is 12.8 Å². The summed E-state index contributed by atoms with van der Waals surface area (Å²) in [5, 5.41) is 8.18. The Morgan fingerprint density at radius 2 is 2.10 bits per heavy atom. The Hall–Kier alpha value is -2.12. The quantitative estimate of drug-likeness (QED) is 0.497. The van der Waals surface area contributed by atoms with Crippen molar-refractivity contribution in [1.82, 2.24) is 20.5 Å². The van der Waals surface area contributed by atoms with Crippen LogP contribution < -0.4 is 15.4 Å². The number of hydrogen-bond donors (Lipinski definition) is 2. The van der Waals surface area contributed by atoms with E-state index in [1.807, 2.05) is 13.2 Å². The second-order valence-corrected chi connectivity index (χ2v) is 9.00. The number of hydrogen-bond acceptors (Lipinski definition) is 5. The fourth-order valence-electron chi connectivity index (χ4n) is 4.16. The third-order valence-electron chi connectivity index (χ3n) is 5.80. The minimum Gasteiger partial charge on any atom is -0.497 e.